The average Bonchev–Trinajstić information content (AvgIpc) is 3.36. The van der Waals surface area contributed by atoms with Crippen LogP contribution in [0.25, 0.3) is 0 Å². The Morgan fingerprint density at radius 1 is 0.432 bits per heavy atom. The van der Waals surface area contributed by atoms with Crippen molar-refractivity contribution < 1.29 is 42.1 Å². The lowest BCUT2D eigenvalue weighted by Crippen LogP contribution is -2.37. The highest BCUT2D eigenvalue weighted by Crippen LogP contribution is 2.38. The number of likely N-dealkylation sites (N-methyl/N-ethyl adjacent to an activating group) is 1. The first kappa shape index (κ1) is 70.1. The van der Waals surface area contributed by atoms with Crippen LogP contribution < -0.4 is 4.89 Å². The van der Waals surface area contributed by atoms with Crippen LogP contribution >= 0.6 is 7.82 Å². The highest BCUT2D eigenvalue weighted by molar-refractivity contribution is 7.45. The summed E-state index contributed by atoms with van der Waals surface area (Å²) in [7, 11) is 1.12. The summed E-state index contributed by atoms with van der Waals surface area (Å²) >= 11 is 0. The van der Waals surface area contributed by atoms with E-state index >= 15 is 0 Å². The molecule has 0 aromatic rings. The monoisotopic (exact) mass is 1050 g/mol. The van der Waals surface area contributed by atoms with E-state index in [0.29, 0.717) is 23.9 Å². The summed E-state index contributed by atoms with van der Waals surface area (Å²) < 4.78 is 34.1. The molecule has 0 N–H and O–H groups in total. The van der Waals surface area contributed by atoms with Crippen LogP contribution in [0.1, 0.15) is 206 Å². The van der Waals surface area contributed by atoms with Gasteiger partial charge in [0.1, 0.15) is 19.8 Å². The minimum atomic E-state index is -4.66. The minimum absolute atomic E-state index is 0.0460. The summed E-state index contributed by atoms with van der Waals surface area (Å²) in [6.45, 7) is 4.04. The van der Waals surface area contributed by atoms with Gasteiger partial charge in [-0.1, -0.05) is 212 Å². The van der Waals surface area contributed by atoms with E-state index in [9.17, 15) is 19.0 Å². The van der Waals surface area contributed by atoms with Gasteiger partial charge in [-0.05, 0) is 116 Å². The van der Waals surface area contributed by atoms with E-state index in [4.69, 9.17) is 18.5 Å². The lowest BCUT2D eigenvalue weighted by atomic mass is 10.1. The number of carbonyl (C=O) groups excluding carboxylic acids is 2. The van der Waals surface area contributed by atoms with Crippen molar-refractivity contribution in [2.24, 2.45) is 0 Å². The van der Waals surface area contributed by atoms with Crippen molar-refractivity contribution in [3.8, 4) is 0 Å². The number of hydrogen-bond acceptors (Lipinski definition) is 8. The lowest BCUT2D eigenvalue weighted by Gasteiger charge is -2.28. The van der Waals surface area contributed by atoms with Crippen LogP contribution in [0.5, 0.6) is 0 Å². The van der Waals surface area contributed by atoms with Gasteiger partial charge in [0.15, 0.2) is 6.10 Å². The lowest BCUT2D eigenvalue weighted by molar-refractivity contribution is -0.870. The number of esters is 2. The number of phosphoric ester groups is 1. The van der Waals surface area contributed by atoms with Gasteiger partial charge in [0.25, 0.3) is 7.82 Å². The molecule has 0 saturated carbocycles. The second-order valence-corrected chi connectivity index (χ2v) is 21.3. The number of hydrogen-bond donors (Lipinski definition) is 0. The number of rotatable bonds is 51. The number of phosphoric acid groups is 1. The molecule has 420 valence electrons. The summed E-state index contributed by atoms with van der Waals surface area (Å²) in [5.74, 6) is -0.887. The third-order valence-corrected chi connectivity index (χ3v) is 12.6. The molecule has 2 atom stereocenters. The van der Waals surface area contributed by atoms with E-state index in [0.717, 1.165) is 109 Å². The van der Waals surface area contributed by atoms with Crippen molar-refractivity contribution in [1.29, 1.82) is 0 Å². The zero-order valence-electron chi connectivity index (χ0n) is 47.5. The van der Waals surface area contributed by atoms with Crippen molar-refractivity contribution >= 4 is 19.8 Å². The van der Waals surface area contributed by atoms with E-state index in [1.807, 2.05) is 21.1 Å². The second kappa shape index (κ2) is 54.0. The van der Waals surface area contributed by atoms with E-state index in [1.165, 1.54) is 57.8 Å². The fourth-order valence-corrected chi connectivity index (χ4v) is 7.93. The molecular weight excluding hydrogens is 942 g/mol. The molecule has 0 amide bonds. The molecule has 0 saturated heterocycles. The third kappa shape index (κ3) is 57.4. The Bertz CT molecular complexity index is 1710. The largest absolute Gasteiger partial charge is 0.756 e. The van der Waals surface area contributed by atoms with Gasteiger partial charge in [-0.15, -0.1) is 0 Å². The molecule has 0 heterocycles. The number of ether oxygens (including phenoxy) is 2. The van der Waals surface area contributed by atoms with Crippen LogP contribution in [0.3, 0.4) is 0 Å². The molecule has 0 bridgehead atoms. The highest BCUT2D eigenvalue weighted by Gasteiger charge is 2.21. The summed E-state index contributed by atoms with van der Waals surface area (Å²) in [5, 5.41) is 0. The Kier molecular flexibility index (Phi) is 51.2. The van der Waals surface area contributed by atoms with Crippen LogP contribution in [0.2, 0.25) is 0 Å². The van der Waals surface area contributed by atoms with Gasteiger partial charge in [-0.3, -0.25) is 14.2 Å². The number of carbonyl (C=O) groups is 2. The predicted molar refractivity (Wildman–Crippen MR) is 314 cm³/mol. The van der Waals surface area contributed by atoms with Crippen molar-refractivity contribution in [2.75, 3.05) is 47.5 Å². The predicted octanol–water partition coefficient (Wildman–Crippen LogP) is 17.5. The smallest absolute Gasteiger partial charge is 0.306 e. The van der Waals surface area contributed by atoms with Gasteiger partial charge in [-0.2, -0.15) is 0 Å². The maximum atomic E-state index is 12.8. The molecule has 74 heavy (non-hydrogen) atoms. The molecule has 0 aliphatic heterocycles. The maximum Gasteiger partial charge on any atom is 0.306 e. The second-order valence-electron chi connectivity index (χ2n) is 19.9. The molecule has 9 nitrogen and oxygen atoms in total. The number of nitrogens with zero attached hydrogens (tertiary/aromatic N) is 1. The molecule has 0 rings (SSSR count). The van der Waals surface area contributed by atoms with E-state index in [2.05, 4.69) is 148 Å². The SMILES string of the molecule is CC/C=C\C/C=C\C/C=C\C/C=C\C/C=C\C/C=C\C/C=C\C/C=C\C/C=C\CCCCCC(=O)OC(COC(=O)CCCCCCCCCCC/C=C\C/C=C\CCCCC)COP(=O)([O-])OCC[N+](C)(C)C. The molecule has 0 radical (unpaired) electrons. The molecular formula is C64H106NO8P. The third-order valence-electron chi connectivity index (χ3n) is 11.7. The van der Waals surface area contributed by atoms with E-state index in [1.54, 1.807) is 0 Å². The Morgan fingerprint density at radius 3 is 1.16 bits per heavy atom. The van der Waals surface area contributed by atoms with Gasteiger partial charge in [-0.25, -0.2) is 0 Å². The van der Waals surface area contributed by atoms with Crippen LogP contribution in [-0.2, 0) is 32.7 Å². The molecule has 0 fully saturated rings. The quantitative estimate of drug-likeness (QED) is 0.0195. The maximum absolute atomic E-state index is 12.8. The first-order chi connectivity index (χ1) is 36.0. The first-order valence-electron chi connectivity index (χ1n) is 28.9. The fourth-order valence-electron chi connectivity index (χ4n) is 7.21. The number of allylic oxidation sites excluding steroid dienone is 22. The van der Waals surface area contributed by atoms with Gasteiger partial charge in [0.05, 0.1) is 27.7 Å². The Morgan fingerprint density at radius 2 is 0.770 bits per heavy atom. The molecule has 0 aliphatic carbocycles. The van der Waals surface area contributed by atoms with Crippen molar-refractivity contribution in [1.82, 2.24) is 0 Å². The van der Waals surface area contributed by atoms with Crippen LogP contribution in [0.15, 0.2) is 134 Å². The zero-order chi connectivity index (χ0) is 54.2. The summed E-state index contributed by atoms with van der Waals surface area (Å²) in [6, 6.07) is 0. The van der Waals surface area contributed by atoms with Gasteiger partial charge in [0.2, 0.25) is 0 Å². The summed E-state index contributed by atoms with van der Waals surface area (Å²) in [4.78, 5) is 37.8. The molecule has 2 unspecified atom stereocenters. The molecule has 0 aliphatic rings. The van der Waals surface area contributed by atoms with Crippen molar-refractivity contribution in [2.45, 2.75) is 213 Å². The highest BCUT2D eigenvalue weighted by atomic mass is 31.2. The van der Waals surface area contributed by atoms with Gasteiger partial charge >= 0.3 is 11.9 Å². The Hall–Kier alpha value is -3.85. The van der Waals surface area contributed by atoms with Crippen LogP contribution in [0.4, 0.5) is 0 Å². The summed E-state index contributed by atoms with van der Waals surface area (Å²) in [5.41, 5.74) is 0. The van der Waals surface area contributed by atoms with Gasteiger partial charge in [0, 0.05) is 12.8 Å². The molecule has 0 aromatic heterocycles. The van der Waals surface area contributed by atoms with Crippen LogP contribution in [0, 0.1) is 0 Å². The van der Waals surface area contributed by atoms with Crippen molar-refractivity contribution in [3.05, 3.63) is 134 Å². The first-order valence-corrected chi connectivity index (χ1v) is 30.4. The minimum Gasteiger partial charge on any atom is -0.756 e. The van der Waals surface area contributed by atoms with E-state index in [-0.39, 0.29) is 26.1 Å². The van der Waals surface area contributed by atoms with E-state index < -0.39 is 32.5 Å². The summed E-state index contributed by atoms with van der Waals surface area (Å²) in [6.07, 6.45) is 77.8. The molecule has 0 spiro atoms. The fraction of sp³-hybridized carbons (Fsp3) is 0.625. The Balaban J connectivity index is 4.30. The normalized spacial score (nSPS) is 14.3. The zero-order valence-corrected chi connectivity index (χ0v) is 48.4. The topological polar surface area (TPSA) is 111 Å². The van der Waals surface area contributed by atoms with Crippen molar-refractivity contribution in [3.63, 3.8) is 0 Å². The molecule has 0 aromatic carbocycles. The number of unbranched alkanes of at least 4 members (excludes halogenated alkanes) is 15. The standard InChI is InChI=1S/C64H106NO8P/c1-6-8-10-12-14-16-18-20-22-24-26-27-28-29-30-31-32-33-34-35-36-37-39-41-43-45-47-49-51-53-55-57-64(67)73-62(61-72-74(68,69)71-59-58-65(3,4)5)60-70-63(66)56-54-52-50-48-46-44-42-40-38-25-23-21-19-17-15-13-11-9-7-2/h8,10,14-17,20-23,26-27,29-30,32-33,35-36,39,41,45,47,62H,6-7,9,11-13,18-19,24-25,28,31,34,37-38,40,42-44,46,48-61H2,1-5H3/b10-8-,16-14-,17-15-,22-20-,23-21-,27-26-,30-29-,33-32-,36-35-,41-39-,47-45-. The average molecular weight is 1050 g/mol. The van der Waals surface area contributed by atoms with Gasteiger partial charge < -0.3 is 27.9 Å². The Labute approximate surface area is 453 Å². The van der Waals surface area contributed by atoms with Crippen LogP contribution in [-0.4, -0.2) is 70.0 Å². The number of quaternary nitrogens is 1. The molecule has 10 heteroatoms.